The van der Waals surface area contributed by atoms with Gasteiger partial charge in [-0.3, -0.25) is 4.79 Å². The highest BCUT2D eigenvalue weighted by atomic mass is 16.1. The number of nitrogens with two attached hydrogens (primary N) is 1. The first-order valence-electron chi connectivity index (χ1n) is 8.06. The van der Waals surface area contributed by atoms with Gasteiger partial charge in [-0.2, -0.15) is 0 Å². The van der Waals surface area contributed by atoms with E-state index in [-0.39, 0.29) is 11.6 Å². The van der Waals surface area contributed by atoms with Gasteiger partial charge < -0.3 is 10.3 Å². The standard InChI is InChI=1S/C19H26N2O/c1-4-15-7-9-16(10-8-15)18(20)17-6-5-12-21(19(17)22)13-11-14(2)3/h5-10,12,14,18H,4,11,13,20H2,1-3H3. The third-order valence-corrected chi connectivity index (χ3v) is 4.08. The molecule has 0 spiro atoms. The summed E-state index contributed by atoms with van der Waals surface area (Å²) < 4.78 is 1.77. The topological polar surface area (TPSA) is 48.0 Å². The molecule has 1 aromatic heterocycles. The van der Waals surface area contributed by atoms with E-state index < -0.39 is 0 Å². The fourth-order valence-electron chi connectivity index (χ4n) is 2.51. The van der Waals surface area contributed by atoms with Gasteiger partial charge in [-0.25, -0.2) is 0 Å². The average molecular weight is 298 g/mol. The molecule has 3 heteroatoms. The van der Waals surface area contributed by atoms with Gasteiger partial charge in [0.05, 0.1) is 6.04 Å². The number of aromatic nitrogens is 1. The van der Waals surface area contributed by atoms with Crippen molar-refractivity contribution in [3.8, 4) is 0 Å². The zero-order valence-electron chi connectivity index (χ0n) is 13.8. The molecule has 22 heavy (non-hydrogen) atoms. The van der Waals surface area contributed by atoms with E-state index in [4.69, 9.17) is 5.73 Å². The number of rotatable bonds is 6. The van der Waals surface area contributed by atoms with Crippen LogP contribution in [0.15, 0.2) is 47.4 Å². The quantitative estimate of drug-likeness (QED) is 0.887. The minimum absolute atomic E-state index is 0.0234. The van der Waals surface area contributed by atoms with Gasteiger partial charge in [0.15, 0.2) is 0 Å². The Morgan fingerprint density at radius 1 is 1.14 bits per heavy atom. The lowest BCUT2D eigenvalue weighted by atomic mass is 9.99. The van der Waals surface area contributed by atoms with E-state index >= 15 is 0 Å². The van der Waals surface area contributed by atoms with Crippen molar-refractivity contribution in [1.29, 1.82) is 0 Å². The summed E-state index contributed by atoms with van der Waals surface area (Å²) in [4.78, 5) is 12.6. The maximum atomic E-state index is 12.6. The summed E-state index contributed by atoms with van der Waals surface area (Å²) >= 11 is 0. The van der Waals surface area contributed by atoms with Gasteiger partial charge in [0.2, 0.25) is 0 Å². The molecule has 0 saturated heterocycles. The van der Waals surface area contributed by atoms with Gasteiger partial charge in [-0.1, -0.05) is 51.1 Å². The van der Waals surface area contributed by atoms with Crippen LogP contribution in [0.3, 0.4) is 0 Å². The molecule has 0 radical (unpaired) electrons. The molecular formula is C19H26N2O. The zero-order valence-corrected chi connectivity index (χ0v) is 13.8. The van der Waals surface area contributed by atoms with E-state index in [9.17, 15) is 4.79 Å². The predicted molar refractivity (Wildman–Crippen MR) is 92.0 cm³/mol. The molecule has 2 aromatic rings. The van der Waals surface area contributed by atoms with Crippen molar-refractivity contribution >= 4 is 0 Å². The lowest BCUT2D eigenvalue weighted by Crippen LogP contribution is -2.28. The Balaban J connectivity index is 2.27. The van der Waals surface area contributed by atoms with Gasteiger partial charge in [0.1, 0.15) is 0 Å². The van der Waals surface area contributed by atoms with Crippen molar-refractivity contribution in [2.45, 2.75) is 46.2 Å². The zero-order chi connectivity index (χ0) is 16.1. The molecule has 0 saturated carbocycles. The summed E-state index contributed by atoms with van der Waals surface area (Å²) in [5, 5.41) is 0. The van der Waals surface area contributed by atoms with Crippen molar-refractivity contribution in [2.75, 3.05) is 0 Å². The number of aryl methyl sites for hydroxylation is 2. The Bertz CT molecular complexity index is 656. The Labute approximate surface area is 132 Å². The number of benzene rings is 1. The molecule has 1 heterocycles. The molecule has 1 unspecified atom stereocenters. The van der Waals surface area contributed by atoms with Crippen molar-refractivity contribution in [3.63, 3.8) is 0 Å². The third kappa shape index (κ3) is 3.86. The Morgan fingerprint density at radius 2 is 1.82 bits per heavy atom. The molecule has 0 aliphatic rings. The Hall–Kier alpha value is -1.87. The molecule has 2 rings (SSSR count). The average Bonchev–Trinajstić information content (AvgIpc) is 2.53. The normalized spacial score (nSPS) is 12.6. The monoisotopic (exact) mass is 298 g/mol. The lowest BCUT2D eigenvalue weighted by Gasteiger charge is -2.15. The van der Waals surface area contributed by atoms with Crippen LogP contribution in [0.5, 0.6) is 0 Å². The van der Waals surface area contributed by atoms with Gasteiger partial charge in [-0.15, -0.1) is 0 Å². The second-order valence-corrected chi connectivity index (χ2v) is 6.22. The van der Waals surface area contributed by atoms with Crippen molar-refractivity contribution in [1.82, 2.24) is 4.57 Å². The number of hydrogen-bond donors (Lipinski definition) is 1. The third-order valence-electron chi connectivity index (χ3n) is 4.08. The molecule has 1 aromatic carbocycles. The van der Waals surface area contributed by atoms with Gasteiger partial charge in [0, 0.05) is 18.3 Å². The van der Waals surface area contributed by atoms with Crippen LogP contribution < -0.4 is 11.3 Å². The molecule has 3 nitrogen and oxygen atoms in total. The molecule has 0 aliphatic carbocycles. The summed E-state index contributed by atoms with van der Waals surface area (Å²) in [6.45, 7) is 7.19. The SMILES string of the molecule is CCc1ccc(C(N)c2cccn(CCC(C)C)c2=O)cc1. The fourth-order valence-corrected chi connectivity index (χ4v) is 2.51. The largest absolute Gasteiger partial charge is 0.320 e. The van der Waals surface area contributed by atoms with Gasteiger partial charge >= 0.3 is 0 Å². The van der Waals surface area contributed by atoms with Crippen LogP contribution in [-0.2, 0) is 13.0 Å². The molecule has 1 atom stereocenters. The van der Waals surface area contributed by atoms with Crippen LogP contribution in [0.1, 0.15) is 49.9 Å². The number of pyridine rings is 1. The van der Waals surface area contributed by atoms with Crippen LogP contribution in [0, 0.1) is 5.92 Å². The van der Waals surface area contributed by atoms with Crippen LogP contribution in [0.2, 0.25) is 0 Å². The number of nitrogens with zero attached hydrogens (tertiary/aromatic N) is 1. The molecule has 118 valence electrons. The first-order valence-corrected chi connectivity index (χ1v) is 8.06. The molecule has 2 N–H and O–H groups in total. The van der Waals surface area contributed by atoms with E-state index in [1.165, 1.54) is 5.56 Å². The van der Waals surface area contributed by atoms with E-state index in [2.05, 4.69) is 32.9 Å². The summed E-state index contributed by atoms with van der Waals surface area (Å²) in [5.41, 5.74) is 9.26. The van der Waals surface area contributed by atoms with Crippen LogP contribution in [0.4, 0.5) is 0 Å². The molecule has 0 aliphatic heterocycles. The highest BCUT2D eigenvalue weighted by molar-refractivity contribution is 5.32. The maximum absolute atomic E-state index is 12.6. The second-order valence-electron chi connectivity index (χ2n) is 6.22. The minimum atomic E-state index is -0.370. The Kier molecular flexibility index (Phi) is 5.56. The summed E-state index contributed by atoms with van der Waals surface area (Å²) in [6, 6.07) is 11.6. The first-order chi connectivity index (χ1) is 10.5. The Morgan fingerprint density at radius 3 is 2.41 bits per heavy atom. The van der Waals surface area contributed by atoms with Crippen LogP contribution >= 0.6 is 0 Å². The highest BCUT2D eigenvalue weighted by Crippen LogP contribution is 2.17. The highest BCUT2D eigenvalue weighted by Gasteiger charge is 2.14. The van der Waals surface area contributed by atoms with Crippen molar-refractivity contribution in [3.05, 3.63) is 69.6 Å². The van der Waals surface area contributed by atoms with Crippen molar-refractivity contribution in [2.24, 2.45) is 11.7 Å². The number of hydrogen-bond acceptors (Lipinski definition) is 2. The van der Waals surface area contributed by atoms with Gasteiger partial charge in [0.25, 0.3) is 5.56 Å². The smallest absolute Gasteiger partial charge is 0.255 e. The summed E-state index contributed by atoms with van der Waals surface area (Å²) in [6.07, 6.45) is 3.84. The van der Waals surface area contributed by atoms with Gasteiger partial charge in [-0.05, 0) is 36.0 Å². The summed E-state index contributed by atoms with van der Waals surface area (Å²) in [5.74, 6) is 0.575. The molecule has 0 amide bonds. The van der Waals surface area contributed by atoms with E-state index in [0.29, 0.717) is 11.5 Å². The maximum Gasteiger partial charge on any atom is 0.255 e. The minimum Gasteiger partial charge on any atom is -0.320 e. The van der Waals surface area contributed by atoms with Crippen LogP contribution in [-0.4, -0.2) is 4.57 Å². The van der Waals surface area contributed by atoms with Crippen molar-refractivity contribution < 1.29 is 0 Å². The second kappa shape index (κ2) is 7.41. The van der Waals surface area contributed by atoms with E-state index in [1.54, 1.807) is 4.57 Å². The van der Waals surface area contributed by atoms with Crippen LogP contribution in [0.25, 0.3) is 0 Å². The first kappa shape index (κ1) is 16.5. The van der Waals surface area contributed by atoms with E-state index in [0.717, 1.165) is 24.9 Å². The summed E-state index contributed by atoms with van der Waals surface area (Å²) in [7, 11) is 0. The molecule has 0 bridgehead atoms. The van der Waals surface area contributed by atoms with E-state index in [1.807, 2.05) is 30.5 Å². The predicted octanol–water partition coefficient (Wildman–Crippen LogP) is 3.50. The fraction of sp³-hybridized carbons (Fsp3) is 0.421. The molecular weight excluding hydrogens is 272 g/mol. The lowest BCUT2D eigenvalue weighted by molar-refractivity contribution is 0.505. The molecule has 0 fully saturated rings.